The first-order valence-electron chi connectivity index (χ1n) is 9.44. The van der Waals surface area contributed by atoms with E-state index in [1.807, 2.05) is 24.3 Å². The zero-order chi connectivity index (χ0) is 21.3. The lowest BCUT2D eigenvalue weighted by Gasteiger charge is -2.15. The lowest BCUT2D eigenvalue weighted by molar-refractivity contribution is 0.211. The topological polar surface area (TPSA) is 141 Å². The third kappa shape index (κ3) is 5.54. The summed E-state index contributed by atoms with van der Waals surface area (Å²) in [4.78, 5) is 0. The zero-order valence-corrected chi connectivity index (χ0v) is 16.5. The third-order valence-corrected chi connectivity index (χ3v) is 4.18. The standard InChI is InChI=1S/C22H26N4O4/c23-15-5-1-3-7-19(15)27-9-11-29-21-14-22(18(26)13-17(21)25)30-12-10-28-20-8-4-2-6-16(20)24/h1-8,13-14H,9-12,23-26H2. The molecule has 3 aromatic rings. The monoisotopic (exact) mass is 410 g/mol. The maximum atomic E-state index is 6.00. The molecule has 0 atom stereocenters. The van der Waals surface area contributed by atoms with Gasteiger partial charge in [-0.2, -0.15) is 0 Å². The van der Waals surface area contributed by atoms with Crippen molar-refractivity contribution in [1.82, 2.24) is 0 Å². The molecule has 3 rings (SSSR count). The Morgan fingerprint density at radius 2 is 0.800 bits per heavy atom. The SMILES string of the molecule is Nc1ccccc1OCCOc1cc(OCCOc2ccccc2N)c(N)cc1N. The summed E-state index contributed by atoms with van der Waals surface area (Å²) < 4.78 is 22.6. The van der Waals surface area contributed by atoms with Gasteiger partial charge in [-0.3, -0.25) is 0 Å². The van der Waals surface area contributed by atoms with Crippen molar-refractivity contribution >= 4 is 22.7 Å². The van der Waals surface area contributed by atoms with E-state index in [0.29, 0.717) is 59.0 Å². The van der Waals surface area contributed by atoms with Gasteiger partial charge >= 0.3 is 0 Å². The van der Waals surface area contributed by atoms with E-state index in [2.05, 4.69) is 0 Å². The molecule has 0 bridgehead atoms. The molecule has 8 heteroatoms. The molecule has 0 fully saturated rings. The largest absolute Gasteiger partial charge is 0.488 e. The summed E-state index contributed by atoms with van der Waals surface area (Å²) in [5, 5.41) is 0. The van der Waals surface area contributed by atoms with Gasteiger partial charge < -0.3 is 41.9 Å². The molecule has 30 heavy (non-hydrogen) atoms. The van der Waals surface area contributed by atoms with Crippen molar-refractivity contribution < 1.29 is 18.9 Å². The van der Waals surface area contributed by atoms with Gasteiger partial charge in [0.05, 0.1) is 22.7 Å². The average Bonchev–Trinajstić information content (AvgIpc) is 2.73. The van der Waals surface area contributed by atoms with Crippen LogP contribution in [0, 0.1) is 0 Å². The third-order valence-electron chi connectivity index (χ3n) is 4.18. The highest BCUT2D eigenvalue weighted by molar-refractivity contribution is 5.67. The molecule has 0 heterocycles. The molecule has 158 valence electrons. The second kappa shape index (κ2) is 10.0. The van der Waals surface area contributed by atoms with E-state index in [9.17, 15) is 0 Å². The van der Waals surface area contributed by atoms with E-state index >= 15 is 0 Å². The van der Waals surface area contributed by atoms with Crippen LogP contribution in [0.2, 0.25) is 0 Å². The maximum absolute atomic E-state index is 6.00. The van der Waals surface area contributed by atoms with Gasteiger partial charge in [-0.05, 0) is 30.3 Å². The lowest BCUT2D eigenvalue weighted by Crippen LogP contribution is -2.12. The van der Waals surface area contributed by atoms with Crippen molar-refractivity contribution in [3.8, 4) is 23.0 Å². The Bertz CT molecular complexity index is 906. The van der Waals surface area contributed by atoms with Crippen LogP contribution in [-0.2, 0) is 0 Å². The smallest absolute Gasteiger partial charge is 0.146 e. The molecule has 0 saturated carbocycles. The number of hydrogen-bond acceptors (Lipinski definition) is 8. The number of nitrogen functional groups attached to an aromatic ring is 4. The molecule has 3 aromatic carbocycles. The van der Waals surface area contributed by atoms with Crippen LogP contribution in [0.15, 0.2) is 60.7 Å². The van der Waals surface area contributed by atoms with E-state index in [0.717, 1.165) is 0 Å². The van der Waals surface area contributed by atoms with Gasteiger partial charge in [0.2, 0.25) is 0 Å². The molecule has 0 unspecified atom stereocenters. The molecule has 0 spiro atoms. The summed E-state index contributed by atoms with van der Waals surface area (Å²) in [6.45, 7) is 1.16. The van der Waals surface area contributed by atoms with Crippen molar-refractivity contribution in [2.45, 2.75) is 0 Å². The number of hydrogen-bond donors (Lipinski definition) is 4. The summed E-state index contributed by atoms with van der Waals surface area (Å²) >= 11 is 0. The van der Waals surface area contributed by atoms with E-state index in [4.69, 9.17) is 41.9 Å². The van der Waals surface area contributed by atoms with Crippen molar-refractivity contribution in [2.75, 3.05) is 49.4 Å². The fourth-order valence-corrected chi connectivity index (χ4v) is 2.68. The van der Waals surface area contributed by atoms with Gasteiger partial charge in [0.15, 0.2) is 0 Å². The molecule has 0 aliphatic carbocycles. The summed E-state index contributed by atoms with van der Waals surface area (Å²) in [6, 6.07) is 17.8. The van der Waals surface area contributed by atoms with Gasteiger partial charge in [0, 0.05) is 6.07 Å². The van der Waals surface area contributed by atoms with Crippen LogP contribution in [0.3, 0.4) is 0 Å². The summed E-state index contributed by atoms with van der Waals surface area (Å²) in [5.41, 5.74) is 25.6. The molecule has 8 nitrogen and oxygen atoms in total. The number of benzene rings is 3. The van der Waals surface area contributed by atoms with E-state index < -0.39 is 0 Å². The average molecular weight is 410 g/mol. The fraction of sp³-hybridized carbons (Fsp3) is 0.182. The van der Waals surface area contributed by atoms with Gasteiger partial charge in [-0.25, -0.2) is 0 Å². The fourth-order valence-electron chi connectivity index (χ4n) is 2.68. The van der Waals surface area contributed by atoms with Crippen molar-refractivity contribution in [3.63, 3.8) is 0 Å². The molecule has 0 amide bonds. The Kier molecular flexibility index (Phi) is 6.94. The van der Waals surface area contributed by atoms with Gasteiger partial charge in [0.25, 0.3) is 0 Å². The molecule has 0 saturated heterocycles. The molecular formula is C22H26N4O4. The lowest BCUT2D eigenvalue weighted by atomic mass is 10.2. The highest BCUT2D eigenvalue weighted by atomic mass is 16.5. The number of para-hydroxylation sites is 4. The van der Waals surface area contributed by atoms with Crippen LogP contribution in [0.25, 0.3) is 0 Å². The van der Waals surface area contributed by atoms with Crippen LogP contribution in [-0.4, -0.2) is 26.4 Å². The minimum Gasteiger partial charge on any atom is -0.488 e. The number of rotatable bonds is 10. The molecular weight excluding hydrogens is 384 g/mol. The number of anilines is 4. The van der Waals surface area contributed by atoms with Gasteiger partial charge in [-0.1, -0.05) is 24.3 Å². The molecule has 0 aliphatic heterocycles. The summed E-state index contributed by atoms with van der Waals surface area (Å²) in [6.07, 6.45) is 0. The minimum atomic E-state index is 0.276. The van der Waals surface area contributed by atoms with Crippen LogP contribution < -0.4 is 41.9 Å². The van der Waals surface area contributed by atoms with Crippen LogP contribution in [0.4, 0.5) is 22.7 Å². The van der Waals surface area contributed by atoms with E-state index in [1.165, 1.54) is 0 Å². The van der Waals surface area contributed by atoms with Crippen LogP contribution >= 0.6 is 0 Å². The predicted octanol–water partition coefficient (Wildman–Crippen LogP) is 2.93. The second-order valence-electron chi connectivity index (χ2n) is 6.40. The zero-order valence-electron chi connectivity index (χ0n) is 16.5. The van der Waals surface area contributed by atoms with Crippen molar-refractivity contribution in [2.24, 2.45) is 0 Å². The van der Waals surface area contributed by atoms with E-state index in [-0.39, 0.29) is 13.2 Å². The Labute approximate surface area is 175 Å². The Hall–Kier alpha value is -3.94. The van der Waals surface area contributed by atoms with Gasteiger partial charge in [-0.15, -0.1) is 0 Å². The van der Waals surface area contributed by atoms with Crippen molar-refractivity contribution in [3.05, 3.63) is 60.7 Å². The first-order valence-corrected chi connectivity index (χ1v) is 9.44. The maximum Gasteiger partial charge on any atom is 0.146 e. The van der Waals surface area contributed by atoms with Crippen molar-refractivity contribution in [1.29, 1.82) is 0 Å². The molecule has 0 radical (unpaired) electrons. The quantitative estimate of drug-likeness (QED) is 0.295. The van der Waals surface area contributed by atoms with Gasteiger partial charge in [0.1, 0.15) is 49.4 Å². The minimum absolute atomic E-state index is 0.276. The highest BCUT2D eigenvalue weighted by Crippen LogP contribution is 2.33. The predicted molar refractivity (Wildman–Crippen MR) is 119 cm³/mol. The van der Waals surface area contributed by atoms with E-state index in [1.54, 1.807) is 36.4 Å². The molecule has 0 aliphatic rings. The first-order chi connectivity index (χ1) is 14.5. The second-order valence-corrected chi connectivity index (χ2v) is 6.40. The van der Waals surface area contributed by atoms with Crippen LogP contribution in [0.1, 0.15) is 0 Å². The first kappa shape index (κ1) is 20.8. The molecule has 8 N–H and O–H groups in total. The number of ether oxygens (including phenoxy) is 4. The normalized spacial score (nSPS) is 10.4. The highest BCUT2D eigenvalue weighted by Gasteiger charge is 2.09. The summed E-state index contributed by atoms with van der Waals surface area (Å²) in [7, 11) is 0. The number of nitrogens with two attached hydrogens (primary N) is 4. The van der Waals surface area contributed by atoms with Crippen LogP contribution in [0.5, 0.6) is 23.0 Å². The Morgan fingerprint density at radius 3 is 1.20 bits per heavy atom. The molecule has 0 aromatic heterocycles. The Balaban J connectivity index is 1.49. The Morgan fingerprint density at radius 1 is 0.433 bits per heavy atom. The summed E-state index contributed by atoms with van der Waals surface area (Å²) in [5.74, 6) is 2.12.